The molecule has 1 unspecified atom stereocenters. The van der Waals surface area contributed by atoms with Crippen molar-refractivity contribution in [1.29, 1.82) is 0 Å². The molecule has 0 bridgehead atoms. The SMILES string of the molecule is CCC(C)c1cccc(-n2cnnn2)c1. The lowest BCUT2D eigenvalue weighted by Crippen LogP contribution is -1.98. The fourth-order valence-electron chi connectivity index (χ4n) is 1.49. The Kier molecular flexibility index (Phi) is 2.76. The monoisotopic (exact) mass is 202 g/mol. The summed E-state index contributed by atoms with van der Waals surface area (Å²) in [6, 6.07) is 8.31. The second-order valence-electron chi connectivity index (χ2n) is 3.66. The molecule has 1 aromatic carbocycles. The largest absolute Gasteiger partial charge is 0.201 e. The molecule has 0 saturated heterocycles. The molecule has 4 nitrogen and oxygen atoms in total. The summed E-state index contributed by atoms with van der Waals surface area (Å²) in [5, 5.41) is 11.1. The highest BCUT2D eigenvalue weighted by molar-refractivity contribution is 5.35. The van der Waals surface area contributed by atoms with E-state index < -0.39 is 0 Å². The molecule has 2 rings (SSSR count). The molecule has 78 valence electrons. The van der Waals surface area contributed by atoms with E-state index in [0.29, 0.717) is 5.92 Å². The number of nitrogens with zero attached hydrogens (tertiary/aromatic N) is 4. The van der Waals surface area contributed by atoms with Gasteiger partial charge in [0.15, 0.2) is 0 Å². The highest BCUT2D eigenvalue weighted by Crippen LogP contribution is 2.20. The molecule has 1 atom stereocenters. The lowest BCUT2D eigenvalue weighted by molar-refractivity contribution is 0.728. The molecule has 1 heterocycles. The van der Waals surface area contributed by atoms with E-state index in [2.05, 4.69) is 41.5 Å². The van der Waals surface area contributed by atoms with E-state index >= 15 is 0 Å². The standard InChI is InChI=1S/C11H14N4/c1-3-9(2)10-5-4-6-11(7-10)15-8-12-13-14-15/h4-9H,3H2,1-2H3. The number of rotatable bonds is 3. The molecule has 0 amide bonds. The summed E-state index contributed by atoms with van der Waals surface area (Å²) in [6.45, 7) is 4.41. The summed E-state index contributed by atoms with van der Waals surface area (Å²) in [6.07, 6.45) is 2.74. The van der Waals surface area contributed by atoms with Crippen LogP contribution in [0.2, 0.25) is 0 Å². The zero-order valence-corrected chi connectivity index (χ0v) is 8.96. The molecule has 0 N–H and O–H groups in total. The second-order valence-corrected chi connectivity index (χ2v) is 3.66. The number of benzene rings is 1. The number of hydrogen-bond donors (Lipinski definition) is 0. The minimum atomic E-state index is 0.571. The summed E-state index contributed by atoms with van der Waals surface area (Å²) in [4.78, 5) is 0. The minimum Gasteiger partial charge on any atom is -0.201 e. The molecule has 0 aliphatic heterocycles. The molecule has 0 spiro atoms. The van der Waals surface area contributed by atoms with Crippen LogP contribution in [-0.2, 0) is 0 Å². The van der Waals surface area contributed by atoms with Gasteiger partial charge in [-0.3, -0.25) is 0 Å². The summed E-state index contributed by atoms with van der Waals surface area (Å²) < 4.78 is 1.67. The minimum absolute atomic E-state index is 0.571. The predicted octanol–water partition coefficient (Wildman–Crippen LogP) is 2.18. The normalized spacial score (nSPS) is 12.7. The van der Waals surface area contributed by atoms with Gasteiger partial charge >= 0.3 is 0 Å². The molecular formula is C11H14N4. The van der Waals surface area contributed by atoms with Crippen molar-refractivity contribution in [3.05, 3.63) is 36.2 Å². The van der Waals surface area contributed by atoms with Crippen molar-refractivity contribution in [1.82, 2.24) is 20.2 Å². The quantitative estimate of drug-likeness (QED) is 0.766. The van der Waals surface area contributed by atoms with E-state index in [-0.39, 0.29) is 0 Å². The first-order chi connectivity index (χ1) is 7.31. The maximum atomic E-state index is 3.87. The fourth-order valence-corrected chi connectivity index (χ4v) is 1.49. The summed E-state index contributed by atoms with van der Waals surface area (Å²) in [5.41, 5.74) is 2.34. The van der Waals surface area contributed by atoms with Crippen molar-refractivity contribution in [3.8, 4) is 5.69 Å². The van der Waals surface area contributed by atoms with Gasteiger partial charge in [0.1, 0.15) is 6.33 Å². The topological polar surface area (TPSA) is 43.6 Å². The highest BCUT2D eigenvalue weighted by Gasteiger charge is 2.04. The highest BCUT2D eigenvalue weighted by atomic mass is 15.5. The molecule has 2 aromatic rings. The predicted molar refractivity (Wildman–Crippen MR) is 57.9 cm³/mol. The molecule has 4 heteroatoms. The average Bonchev–Trinajstić information content (AvgIpc) is 2.82. The maximum absolute atomic E-state index is 3.87. The van der Waals surface area contributed by atoms with Crippen LogP contribution >= 0.6 is 0 Å². The molecule has 0 radical (unpaired) electrons. The summed E-state index contributed by atoms with van der Waals surface area (Å²) in [7, 11) is 0. The summed E-state index contributed by atoms with van der Waals surface area (Å²) >= 11 is 0. The van der Waals surface area contributed by atoms with Gasteiger partial charge in [-0.25, -0.2) is 4.68 Å². The van der Waals surface area contributed by atoms with Crippen molar-refractivity contribution in [2.24, 2.45) is 0 Å². The molecular weight excluding hydrogens is 188 g/mol. The Balaban J connectivity index is 2.35. The second kappa shape index (κ2) is 4.21. The first-order valence-electron chi connectivity index (χ1n) is 5.14. The third-order valence-electron chi connectivity index (χ3n) is 2.67. The molecule has 15 heavy (non-hydrogen) atoms. The van der Waals surface area contributed by atoms with E-state index in [1.165, 1.54) is 5.56 Å². The summed E-state index contributed by atoms with van der Waals surface area (Å²) in [5.74, 6) is 0.571. The van der Waals surface area contributed by atoms with Gasteiger partial charge in [0.05, 0.1) is 5.69 Å². The van der Waals surface area contributed by atoms with Gasteiger partial charge in [-0.05, 0) is 40.5 Å². The maximum Gasteiger partial charge on any atom is 0.143 e. The van der Waals surface area contributed by atoms with Crippen LogP contribution in [0, 0.1) is 0 Å². The molecule has 0 saturated carbocycles. The van der Waals surface area contributed by atoms with Crippen LogP contribution < -0.4 is 0 Å². The smallest absolute Gasteiger partial charge is 0.143 e. The third kappa shape index (κ3) is 2.03. The Hall–Kier alpha value is -1.71. The van der Waals surface area contributed by atoms with Gasteiger partial charge in [-0.15, -0.1) is 5.10 Å². The van der Waals surface area contributed by atoms with Crippen LogP contribution in [0.3, 0.4) is 0 Å². The van der Waals surface area contributed by atoms with Gasteiger partial charge in [-0.2, -0.15) is 0 Å². The van der Waals surface area contributed by atoms with E-state index in [0.717, 1.165) is 12.1 Å². The number of hydrogen-bond acceptors (Lipinski definition) is 3. The molecule has 0 aliphatic rings. The Morgan fingerprint density at radius 3 is 2.93 bits per heavy atom. The Bertz CT molecular complexity index is 422. The van der Waals surface area contributed by atoms with Crippen LogP contribution in [0.15, 0.2) is 30.6 Å². The van der Waals surface area contributed by atoms with Crippen LogP contribution in [0.25, 0.3) is 5.69 Å². The van der Waals surface area contributed by atoms with Gasteiger partial charge in [0.2, 0.25) is 0 Å². The van der Waals surface area contributed by atoms with Crippen LogP contribution in [-0.4, -0.2) is 20.2 Å². The Morgan fingerprint density at radius 2 is 2.27 bits per heavy atom. The van der Waals surface area contributed by atoms with E-state index in [4.69, 9.17) is 0 Å². The van der Waals surface area contributed by atoms with Crippen LogP contribution in [0.1, 0.15) is 31.7 Å². The van der Waals surface area contributed by atoms with Crippen LogP contribution in [0.5, 0.6) is 0 Å². The molecule has 1 aromatic heterocycles. The molecule has 0 fully saturated rings. The Labute approximate surface area is 88.9 Å². The van der Waals surface area contributed by atoms with Crippen molar-refractivity contribution in [3.63, 3.8) is 0 Å². The van der Waals surface area contributed by atoms with Crippen molar-refractivity contribution >= 4 is 0 Å². The first kappa shape index (κ1) is 9.83. The van der Waals surface area contributed by atoms with E-state index in [1.807, 2.05) is 12.1 Å². The average molecular weight is 202 g/mol. The van der Waals surface area contributed by atoms with E-state index in [9.17, 15) is 0 Å². The van der Waals surface area contributed by atoms with Crippen molar-refractivity contribution < 1.29 is 0 Å². The van der Waals surface area contributed by atoms with Crippen LogP contribution in [0.4, 0.5) is 0 Å². The Morgan fingerprint density at radius 1 is 1.40 bits per heavy atom. The first-order valence-corrected chi connectivity index (χ1v) is 5.14. The molecule has 0 aliphatic carbocycles. The van der Waals surface area contributed by atoms with Gasteiger partial charge < -0.3 is 0 Å². The third-order valence-corrected chi connectivity index (χ3v) is 2.67. The zero-order valence-electron chi connectivity index (χ0n) is 8.96. The van der Waals surface area contributed by atoms with Gasteiger partial charge in [0.25, 0.3) is 0 Å². The van der Waals surface area contributed by atoms with Gasteiger partial charge in [0, 0.05) is 0 Å². The fraction of sp³-hybridized carbons (Fsp3) is 0.364. The number of tetrazole rings is 1. The lowest BCUT2D eigenvalue weighted by atomic mass is 9.98. The van der Waals surface area contributed by atoms with Gasteiger partial charge in [-0.1, -0.05) is 26.0 Å². The van der Waals surface area contributed by atoms with E-state index in [1.54, 1.807) is 11.0 Å². The number of aromatic nitrogens is 4. The lowest BCUT2D eigenvalue weighted by Gasteiger charge is -2.09. The van der Waals surface area contributed by atoms with Crippen molar-refractivity contribution in [2.75, 3.05) is 0 Å². The zero-order chi connectivity index (χ0) is 10.7. The van der Waals surface area contributed by atoms with Crippen molar-refractivity contribution in [2.45, 2.75) is 26.2 Å².